The van der Waals surface area contributed by atoms with Gasteiger partial charge in [0, 0.05) is 25.2 Å². The highest BCUT2D eigenvalue weighted by Gasteiger charge is 2.17. The molecule has 2 heterocycles. The number of aromatic hydroxyl groups is 2. The van der Waals surface area contributed by atoms with Crippen molar-refractivity contribution in [3.05, 3.63) is 44.6 Å². The van der Waals surface area contributed by atoms with Crippen LogP contribution in [0.2, 0.25) is 0 Å². The van der Waals surface area contributed by atoms with Gasteiger partial charge in [-0.3, -0.25) is 14.3 Å². The first kappa shape index (κ1) is 18.2. The largest absolute Gasteiger partial charge is 0.508 e. The van der Waals surface area contributed by atoms with Crippen LogP contribution in [0.3, 0.4) is 0 Å². The number of aromatic amines is 1. The number of phenolic OH excluding ortho intramolecular Hbond substituents is 2. The number of aromatic nitrogens is 4. The number of hydrogen-bond acceptors (Lipinski definition) is 7. The lowest BCUT2D eigenvalue weighted by molar-refractivity contribution is 0.450. The van der Waals surface area contributed by atoms with Gasteiger partial charge < -0.3 is 14.8 Å². The Morgan fingerprint density at radius 1 is 1.33 bits per heavy atom. The van der Waals surface area contributed by atoms with Crippen LogP contribution < -0.4 is 16.7 Å². The Morgan fingerprint density at radius 2 is 2.07 bits per heavy atom. The van der Waals surface area contributed by atoms with Gasteiger partial charge in [-0.2, -0.15) is 10.1 Å². The number of nitrogens with one attached hydrogen (secondary N) is 2. The van der Waals surface area contributed by atoms with Gasteiger partial charge in [-0.25, -0.2) is 10.2 Å². The zero-order chi connectivity index (χ0) is 19.7. The van der Waals surface area contributed by atoms with Crippen LogP contribution in [0.15, 0.2) is 32.9 Å². The van der Waals surface area contributed by atoms with Crippen LogP contribution in [-0.4, -0.2) is 35.5 Å². The summed E-state index contributed by atoms with van der Waals surface area (Å²) in [6.07, 6.45) is 1.36. The molecule has 0 fully saturated rings. The Labute approximate surface area is 153 Å². The number of H-pyrrole nitrogens is 1. The fourth-order valence-electron chi connectivity index (χ4n) is 2.66. The third-order valence-corrected chi connectivity index (χ3v) is 3.94. The Balaban J connectivity index is 2.04. The highest BCUT2D eigenvalue weighted by Crippen LogP contribution is 2.21. The molecule has 4 N–H and O–H groups in total. The second kappa shape index (κ2) is 6.98. The van der Waals surface area contributed by atoms with Crippen molar-refractivity contribution in [2.24, 2.45) is 18.1 Å². The minimum absolute atomic E-state index is 0.0588. The Bertz CT molecular complexity index is 1140. The second-order valence-corrected chi connectivity index (χ2v) is 6.54. The molecule has 0 atom stereocenters. The SMILES string of the molecule is CC(C)Cn1c(N/N=C/c2ccc(O)cc2O)nc2c1c(=O)[nH]c(=O)n2C. The van der Waals surface area contributed by atoms with Gasteiger partial charge in [0.05, 0.1) is 6.21 Å². The first-order chi connectivity index (χ1) is 12.8. The van der Waals surface area contributed by atoms with Crippen LogP contribution in [0.4, 0.5) is 5.95 Å². The molecule has 3 aromatic rings. The van der Waals surface area contributed by atoms with Crippen molar-refractivity contribution in [3.63, 3.8) is 0 Å². The maximum atomic E-state index is 12.3. The second-order valence-electron chi connectivity index (χ2n) is 6.54. The van der Waals surface area contributed by atoms with Crippen molar-refractivity contribution < 1.29 is 10.2 Å². The lowest BCUT2D eigenvalue weighted by atomic mass is 10.2. The van der Waals surface area contributed by atoms with E-state index in [1.54, 1.807) is 4.57 Å². The first-order valence-corrected chi connectivity index (χ1v) is 8.28. The first-order valence-electron chi connectivity index (χ1n) is 8.28. The van der Waals surface area contributed by atoms with Crippen molar-refractivity contribution >= 4 is 23.3 Å². The average molecular weight is 372 g/mol. The maximum Gasteiger partial charge on any atom is 0.329 e. The predicted molar refractivity (Wildman–Crippen MR) is 101 cm³/mol. The maximum absolute atomic E-state index is 12.3. The van der Waals surface area contributed by atoms with Gasteiger partial charge in [0.1, 0.15) is 11.5 Å². The number of hydrazone groups is 1. The quantitative estimate of drug-likeness (QED) is 0.388. The molecule has 0 radical (unpaired) electrons. The van der Waals surface area contributed by atoms with E-state index in [0.29, 0.717) is 18.1 Å². The number of benzene rings is 1. The smallest absolute Gasteiger partial charge is 0.329 e. The monoisotopic (exact) mass is 372 g/mol. The number of phenols is 2. The molecule has 10 heteroatoms. The van der Waals surface area contributed by atoms with Gasteiger partial charge in [-0.15, -0.1) is 0 Å². The van der Waals surface area contributed by atoms with Gasteiger partial charge in [-0.05, 0) is 18.1 Å². The van der Waals surface area contributed by atoms with Gasteiger partial charge >= 0.3 is 5.69 Å². The van der Waals surface area contributed by atoms with Crippen LogP contribution >= 0.6 is 0 Å². The molecule has 1 aromatic carbocycles. The number of nitrogens with zero attached hydrogens (tertiary/aromatic N) is 4. The summed E-state index contributed by atoms with van der Waals surface area (Å²) in [6.45, 7) is 4.47. The van der Waals surface area contributed by atoms with Crippen molar-refractivity contribution in [1.82, 2.24) is 19.1 Å². The third-order valence-electron chi connectivity index (χ3n) is 3.94. The summed E-state index contributed by atoms with van der Waals surface area (Å²) < 4.78 is 2.92. The van der Waals surface area contributed by atoms with E-state index in [-0.39, 0.29) is 28.6 Å². The summed E-state index contributed by atoms with van der Waals surface area (Å²) >= 11 is 0. The highest BCUT2D eigenvalue weighted by atomic mass is 16.3. The lowest BCUT2D eigenvalue weighted by Gasteiger charge is -2.10. The van der Waals surface area contributed by atoms with Crippen molar-refractivity contribution in [3.8, 4) is 11.5 Å². The molecule has 142 valence electrons. The van der Waals surface area contributed by atoms with Gasteiger partial charge in [0.25, 0.3) is 5.56 Å². The van der Waals surface area contributed by atoms with Crippen molar-refractivity contribution in [1.29, 1.82) is 0 Å². The number of imidazole rings is 1. The topological polar surface area (TPSA) is 138 Å². The minimum atomic E-state index is -0.550. The molecule has 0 saturated carbocycles. The molecule has 0 amide bonds. The molecule has 0 aliphatic heterocycles. The molecule has 2 aromatic heterocycles. The van der Waals surface area contributed by atoms with E-state index in [4.69, 9.17) is 0 Å². The third kappa shape index (κ3) is 3.54. The summed E-state index contributed by atoms with van der Waals surface area (Å²) in [6, 6.07) is 4.12. The van der Waals surface area contributed by atoms with Crippen LogP contribution in [0.5, 0.6) is 11.5 Å². The van der Waals surface area contributed by atoms with E-state index < -0.39 is 11.2 Å². The average Bonchev–Trinajstić information content (AvgIpc) is 2.93. The molecule has 0 unspecified atom stereocenters. The van der Waals surface area contributed by atoms with E-state index in [9.17, 15) is 19.8 Å². The molecule has 3 rings (SSSR count). The molecule has 0 spiro atoms. The van der Waals surface area contributed by atoms with Crippen LogP contribution in [0, 0.1) is 5.92 Å². The standard InChI is InChI=1S/C17H20N6O4/c1-9(2)8-23-13-14(22(3)17(27)20-15(13)26)19-16(23)21-18-7-10-4-5-11(24)6-12(10)25/h4-7,9,24-25H,8H2,1-3H3,(H,19,21)(H,20,26,27)/b18-7+. The zero-order valence-electron chi connectivity index (χ0n) is 15.1. The molecular formula is C17H20N6O4. The van der Waals surface area contributed by atoms with Gasteiger partial charge in [-0.1, -0.05) is 13.8 Å². The zero-order valence-corrected chi connectivity index (χ0v) is 15.1. The van der Waals surface area contributed by atoms with E-state index in [1.807, 2.05) is 13.8 Å². The summed E-state index contributed by atoms with van der Waals surface area (Å²) in [5.41, 5.74) is 2.59. The fraction of sp³-hybridized carbons (Fsp3) is 0.294. The lowest BCUT2D eigenvalue weighted by Crippen LogP contribution is -2.29. The normalized spacial score (nSPS) is 11.7. The molecular weight excluding hydrogens is 352 g/mol. The molecule has 10 nitrogen and oxygen atoms in total. The minimum Gasteiger partial charge on any atom is -0.508 e. The predicted octanol–water partition coefficient (Wildman–Crippen LogP) is 0.936. The number of rotatable bonds is 5. The van der Waals surface area contributed by atoms with E-state index in [1.165, 1.54) is 36.0 Å². The molecule has 27 heavy (non-hydrogen) atoms. The van der Waals surface area contributed by atoms with Crippen LogP contribution in [0.25, 0.3) is 11.2 Å². The van der Waals surface area contributed by atoms with Crippen molar-refractivity contribution in [2.75, 3.05) is 5.43 Å². The number of aryl methyl sites for hydroxylation is 1. The van der Waals surface area contributed by atoms with E-state index in [0.717, 1.165) is 0 Å². The van der Waals surface area contributed by atoms with Crippen molar-refractivity contribution in [2.45, 2.75) is 20.4 Å². The Hall–Kier alpha value is -3.56. The van der Waals surface area contributed by atoms with Gasteiger partial charge in [0.2, 0.25) is 5.95 Å². The van der Waals surface area contributed by atoms with Gasteiger partial charge in [0.15, 0.2) is 11.2 Å². The number of anilines is 1. The molecule has 0 aliphatic carbocycles. The molecule has 0 bridgehead atoms. The van der Waals surface area contributed by atoms with Crippen LogP contribution in [-0.2, 0) is 13.6 Å². The summed E-state index contributed by atoms with van der Waals surface area (Å²) in [5.74, 6) is 0.316. The molecule has 0 aliphatic rings. The summed E-state index contributed by atoms with van der Waals surface area (Å²) in [5, 5.41) is 23.2. The Morgan fingerprint density at radius 3 is 2.74 bits per heavy atom. The summed E-state index contributed by atoms with van der Waals surface area (Å²) in [7, 11) is 1.52. The fourth-order valence-corrected chi connectivity index (χ4v) is 2.66. The van der Waals surface area contributed by atoms with E-state index in [2.05, 4.69) is 20.5 Å². The number of fused-ring (bicyclic) bond motifs is 1. The number of hydrogen-bond donors (Lipinski definition) is 4. The van der Waals surface area contributed by atoms with E-state index >= 15 is 0 Å². The molecule has 0 saturated heterocycles. The van der Waals surface area contributed by atoms with Crippen LogP contribution in [0.1, 0.15) is 19.4 Å². The Kier molecular flexibility index (Phi) is 4.72. The summed E-state index contributed by atoms with van der Waals surface area (Å²) in [4.78, 5) is 30.7. The highest BCUT2D eigenvalue weighted by molar-refractivity contribution is 5.84.